The van der Waals surface area contributed by atoms with Crippen LogP contribution in [0.2, 0.25) is 0 Å². The van der Waals surface area contributed by atoms with Gasteiger partial charge >= 0.3 is 0 Å². The molecule has 0 aliphatic rings. The quantitative estimate of drug-likeness (QED) is 0.831. The summed E-state index contributed by atoms with van der Waals surface area (Å²) < 4.78 is 3.34. The third-order valence-electron chi connectivity index (χ3n) is 3.25. The normalized spacial score (nSPS) is 10.3. The van der Waals surface area contributed by atoms with Crippen LogP contribution in [0.5, 0.6) is 0 Å². The second-order valence-electron chi connectivity index (χ2n) is 4.72. The van der Waals surface area contributed by atoms with Gasteiger partial charge in [-0.3, -0.25) is 9.25 Å². The molecule has 0 unspecified atom stereocenters. The van der Waals surface area contributed by atoms with E-state index in [1.165, 1.54) is 6.33 Å². The van der Waals surface area contributed by atoms with Gasteiger partial charge in [-0.05, 0) is 19.9 Å². The van der Waals surface area contributed by atoms with E-state index in [1.54, 1.807) is 9.25 Å². The molecule has 21 heavy (non-hydrogen) atoms. The van der Waals surface area contributed by atoms with Gasteiger partial charge in [-0.25, -0.2) is 4.98 Å². The molecule has 7 heteroatoms. The number of aryl methyl sites for hydroxylation is 2. The Kier molecular flexibility index (Phi) is 4.36. The first-order chi connectivity index (χ1) is 10.1. The zero-order valence-electron chi connectivity index (χ0n) is 12.4. The Morgan fingerprint density at radius 3 is 2.71 bits per heavy atom. The summed E-state index contributed by atoms with van der Waals surface area (Å²) in [6.07, 6.45) is 2.54. The SMILES string of the molecule is CCCNCc1c(C)nn(C)c1-n1cnc(C#N)c1C#N. The van der Waals surface area contributed by atoms with E-state index in [2.05, 4.69) is 22.3 Å². The van der Waals surface area contributed by atoms with Crippen molar-refractivity contribution in [3.05, 3.63) is 29.0 Å². The first-order valence-corrected chi connectivity index (χ1v) is 6.75. The van der Waals surface area contributed by atoms with E-state index in [-0.39, 0.29) is 11.4 Å². The maximum Gasteiger partial charge on any atom is 0.177 e. The smallest absolute Gasteiger partial charge is 0.177 e. The Bertz CT molecular complexity index is 724. The minimum absolute atomic E-state index is 0.129. The minimum Gasteiger partial charge on any atom is -0.312 e. The summed E-state index contributed by atoms with van der Waals surface area (Å²) in [6, 6.07) is 3.98. The van der Waals surface area contributed by atoms with Gasteiger partial charge in [0.2, 0.25) is 0 Å². The van der Waals surface area contributed by atoms with E-state index in [0.29, 0.717) is 6.54 Å². The molecule has 1 N–H and O–H groups in total. The second-order valence-corrected chi connectivity index (χ2v) is 4.72. The van der Waals surface area contributed by atoms with Crippen molar-refractivity contribution in [2.24, 2.45) is 7.05 Å². The maximum absolute atomic E-state index is 9.28. The minimum atomic E-state index is 0.129. The van der Waals surface area contributed by atoms with Crippen molar-refractivity contribution in [2.45, 2.75) is 26.8 Å². The van der Waals surface area contributed by atoms with Crippen molar-refractivity contribution in [3.8, 4) is 18.0 Å². The van der Waals surface area contributed by atoms with Gasteiger partial charge in [-0.15, -0.1) is 0 Å². The Labute approximate surface area is 123 Å². The highest BCUT2D eigenvalue weighted by Gasteiger charge is 2.19. The fraction of sp³-hybridized carbons (Fsp3) is 0.429. The zero-order valence-corrected chi connectivity index (χ0v) is 12.4. The van der Waals surface area contributed by atoms with Crippen molar-refractivity contribution in [1.82, 2.24) is 24.6 Å². The molecule has 0 radical (unpaired) electrons. The van der Waals surface area contributed by atoms with Crippen molar-refractivity contribution < 1.29 is 0 Å². The average molecular weight is 283 g/mol. The van der Waals surface area contributed by atoms with Gasteiger partial charge in [0.25, 0.3) is 0 Å². The molecule has 2 aromatic rings. The van der Waals surface area contributed by atoms with Crippen LogP contribution in [0.4, 0.5) is 0 Å². The van der Waals surface area contributed by atoms with Gasteiger partial charge in [0.05, 0.1) is 5.69 Å². The molecule has 0 aliphatic heterocycles. The molecule has 0 spiro atoms. The zero-order chi connectivity index (χ0) is 15.4. The first-order valence-electron chi connectivity index (χ1n) is 6.75. The van der Waals surface area contributed by atoms with Gasteiger partial charge in [-0.1, -0.05) is 6.92 Å². The van der Waals surface area contributed by atoms with E-state index < -0.39 is 0 Å². The number of nitrogens with one attached hydrogen (secondary N) is 1. The van der Waals surface area contributed by atoms with Crippen molar-refractivity contribution in [2.75, 3.05) is 6.54 Å². The number of imidazole rings is 1. The molecule has 7 nitrogen and oxygen atoms in total. The van der Waals surface area contributed by atoms with Crippen molar-refractivity contribution >= 4 is 0 Å². The standard InChI is InChI=1S/C14H17N7/c1-4-5-17-8-11-10(2)19-20(3)14(11)21-9-18-12(6-15)13(21)7-16/h9,17H,4-5,8H2,1-3H3. The summed E-state index contributed by atoms with van der Waals surface area (Å²) in [5, 5.41) is 26.0. The Hall–Kier alpha value is -2.64. The van der Waals surface area contributed by atoms with E-state index in [1.807, 2.05) is 26.1 Å². The average Bonchev–Trinajstić information content (AvgIpc) is 2.99. The fourth-order valence-electron chi connectivity index (χ4n) is 2.29. The molecule has 2 rings (SSSR count). The number of rotatable bonds is 5. The van der Waals surface area contributed by atoms with E-state index in [0.717, 1.165) is 30.0 Å². The molecule has 0 fully saturated rings. The number of nitriles is 2. The van der Waals surface area contributed by atoms with E-state index in [9.17, 15) is 5.26 Å². The van der Waals surface area contributed by atoms with Crippen LogP contribution in [-0.4, -0.2) is 25.9 Å². The van der Waals surface area contributed by atoms with Crippen molar-refractivity contribution in [3.63, 3.8) is 0 Å². The lowest BCUT2D eigenvalue weighted by molar-refractivity contribution is 0.667. The highest BCUT2D eigenvalue weighted by molar-refractivity contribution is 5.46. The second kappa shape index (κ2) is 6.21. The van der Waals surface area contributed by atoms with Gasteiger partial charge in [-0.2, -0.15) is 15.6 Å². The number of hydrogen-bond donors (Lipinski definition) is 1. The van der Waals surface area contributed by atoms with Crippen LogP contribution in [0.25, 0.3) is 5.82 Å². The van der Waals surface area contributed by atoms with Crippen LogP contribution in [0.1, 0.15) is 36.0 Å². The lowest BCUT2D eigenvalue weighted by Crippen LogP contribution is -2.16. The van der Waals surface area contributed by atoms with E-state index >= 15 is 0 Å². The Morgan fingerprint density at radius 2 is 2.10 bits per heavy atom. The monoisotopic (exact) mass is 283 g/mol. The fourth-order valence-corrected chi connectivity index (χ4v) is 2.29. The summed E-state index contributed by atoms with van der Waals surface area (Å²) in [7, 11) is 1.82. The number of nitrogens with zero attached hydrogens (tertiary/aromatic N) is 6. The van der Waals surface area contributed by atoms with Crippen LogP contribution in [-0.2, 0) is 13.6 Å². The molecule has 0 aromatic carbocycles. The van der Waals surface area contributed by atoms with Crippen LogP contribution in [0.15, 0.2) is 6.33 Å². The molecule has 0 atom stereocenters. The molecule has 0 saturated heterocycles. The summed E-state index contributed by atoms with van der Waals surface area (Å²) in [4.78, 5) is 3.99. The molecule has 108 valence electrons. The van der Waals surface area contributed by atoms with Gasteiger partial charge in [0, 0.05) is 19.2 Å². The summed E-state index contributed by atoms with van der Waals surface area (Å²) in [6.45, 7) is 5.60. The lowest BCUT2D eigenvalue weighted by Gasteiger charge is -2.09. The lowest BCUT2D eigenvalue weighted by atomic mass is 10.2. The predicted molar refractivity (Wildman–Crippen MR) is 76.5 cm³/mol. The topological polar surface area (TPSA) is 95.2 Å². The molecule has 2 aromatic heterocycles. The third kappa shape index (κ3) is 2.64. The first kappa shape index (κ1) is 14.8. The van der Waals surface area contributed by atoms with Crippen LogP contribution in [0, 0.1) is 29.6 Å². The Morgan fingerprint density at radius 1 is 1.33 bits per heavy atom. The van der Waals surface area contributed by atoms with Crippen LogP contribution in [0.3, 0.4) is 0 Å². The maximum atomic E-state index is 9.28. The van der Waals surface area contributed by atoms with Crippen molar-refractivity contribution in [1.29, 1.82) is 10.5 Å². The predicted octanol–water partition coefficient (Wildman–Crippen LogP) is 1.16. The molecule has 0 amide bonds. The molecular formula is C14H17N7. The third-order valence-corrected chi connectivity index (χ3v) is 3.25. The number of aromatic nitrogens is 4. The molecular weight excluding hydrogens is 266 g/mol. The van der Waals surface area contributed by atoms with E-state index in [4.69, 9.17) is 5.26 Å². The summed E-state index contributed by atoms with van der Waals surface area (Å²) >= 11 is 0. The summed E-state index contributed by atoms with van der Waals surface area (Å²) in [5.41, 5.74) is 2.26. The molecule has 0 aliphatic carbocycles. The highest BCUT2D eigenvalue weighted by atomic mass is 15.3. The van der Waals surface area contributed by atoms with Gasteiger partial charge in [0.15, 0.2) is 11.4 Å². The van der Waals surface area contributed by atoms with Crippen LogP contribution >= 0.6 is 0 Å². The molecule has 2 heterocycles. The van der Waals surface area contributed by atoms with Crippen LogP contribution < -0.4 is 5.32 Å². The highest BCUT2D eigenvalue weighted by Crippen LogP contribution is 2.20. The number of hydrogen-bond acceptors (Lipinski definition) is 5. The molecule has 0 bridgehead atoms. The van der Waals surface area contributed by atoms with Gasteiger partial charge < -0.3 is 5.32 Å². The largest absolute Gasteiger partial charge is 0.312 e. The summed E-state index contributed by atoms with van der Waals surface area (Å²) in [5.74, 6) is 0.765. The Balaban J connectivity index is 2.52. The molecule has 0 saturated carbocycles. The van der Waals surface area contributed by atoms with Gasteiger partial charge in [0.1, 0.15) is 24.3 Å².